The Balaban J connectivity index is 0.000000151. The van der Waals surface area contributed by atoms with Gasteiger partial charge in [-0.2, -0.15) is 0 Å². The van der Waals surface area contributed by atoms with Crippen LogP contribution in [0.5, 0.6) is 0 Å². The molecule has 0 N–H and O–H groups in total. The van der Waals surface area contributed by atoms with E-state index in [0.29, 0.717) is 5.92 Å². The molecule has 0 atom stereocenters. The van der Waals surface area contributed by atoms with E-state index in [0.717, 1.165) is 24.7 Å². The van der Waals surface area contributed by atoms with Gasteiger partial charge in [0.1, 0.15) is 28.2 Å². The van der Waals surface area contributed by atoms with Crippen molar-refractivity contribution in [3.05, 3.63) is 306 Å². The van der Waals surface area contributed by atoms with Crippen LogP contribution in [0.2, 0.25) is 0 Å². The topological polar surface area (TPSA) is 15.5 Å². The summed E-state index contributed by atoms with van der Waals surface area (Å²) < 4.78 is 9.20. The second kappa shape index (κ2) is 37.1. The average Bonchev–Trinajstić information content (AvgIpc) is 0.784. The van der Waals surface area contributed by atoms with E-state index in [1.807, 2.05) is 0 Å². The zero-order chi connectivity index (χ0) is 83.1. The zero-order valence-corrected chi connectivity index (χ0v) is 75.6. The van der Waals surface area contributed by atoms with Gasteiger partial charge in [0.2, 0.25) is 22.8 Å². The zero-order valence-electron chi connectivity index (χ0n) is 75.6. The lowest BCUT2D eigenvalue weighted by Crippen LogP contribution is -2.33. The minimum absolute atomic E-state index is 0.259. The molecular formula is C111H138N4+4. The van der Waals surface area contributed by atoms with Gasteiger partial charge in [0, 0.05) is 69.3 Å². The third-order valence-electron chi connectivity index (χ3n) is 25.3. The molecule has 4 aromatic heterocycles. The number of aromatic nitrogens is 4. The van der Waals surface area contributed by atoms with Crippen LogP contribution in [0, 0.1) is 108 Å². The molecule has 115 heavy (non-hydrogen) atoms. The molecule has 14 rings (SSSR count). The Morgan fingerprint density at radius 1 is 0.296 bits per heavy atom. The van der Waals surface area contributed by atoms with Gasteiger partial charge in [0.15, 0.2) is 24.8 Å². The molecule has 598 valence electrons. The molecule has 4 heterocycles. The largest absolute Gasteiger partial charge is 0.212 e. The van der Waals surface area contributed by atoms with Crippen molar-refractivity contribution < 1.29 is 18.3 Å². The maximum absolute atomic E-state index is 2.49. The van der Waals surface area contributed by atoms with Crippen LogP contribution in [0.25, 0.3) is 89.5 Å². The normalized spacial score (nSPS) is 13.4. The first-order chi connectivity index (χ1) is 54.6. The lowest BCUT2D eigenvalue weighted by atomic mass is 9.82. The highest BCUT2D eigenvalue weighted by Gasteiger charge is 2.29. The highest BCUT2D eigenvalue weighted by molar-refractivity contribution is 5.84. The van der Waals surface area contributed by atoms with E-state index >= 15 is 0 Å². The Morgan fingerprint density at radius 2 is 0.609 bits per heavy atom. The Kier molecular flexibility index (Phi) is 27.8. The fourth-order valence-corrected chi connectivity index (χ4v) is 19.1. The Bertz CT molecular complexity index is 5470. The fraction of sp³-hybridized carbons (Fsp3) is 0.387. The highest BCUT2D eigenvalue weighted by atomic mass is 14.9. The van der Waals surface area contributed by atoms with Crippen molar-refractivity contribution >= 4 is 0 Å². The van der Waals surface area contributed by atoms with Crippen molar-refractivity contribution in [2.75, 3.05) is 0 Å². The molecular weight excluding hydrogens is 1390 g/mol. The number of pyridine rings is 4. The maximum atomic E-state index is 2.49. The molecule has 0 aliphatic heterocycles. The average molecular weight is 1530 g/mol. The summed E-state index contributed by atoms with van der Waals surface area (Å²) in [4.78, 5) is 0. The van der Waals surface area contributed by atoms with Crippen molar-refractivity contribution in [2.24, 2.45) is 39.0 Å². The molecule has 2 aliphatic rings. The molecule has 8 aromatic carbocycles. The lowest BCUT2D eigenvalue weighted by molar-refractivity contribution is -0.661. The summed E-state index contributed by atoms with van der Waals surface area (Å²) in [6.45, 7) is 49.9. The number of benzene rings is 8. The highest BCUT2D eigenvalue weighted by Crippen LogP contribution is 2.44. The van der Waals surface area contributed by atoms with Crippen molar-refractivity contribution in [2.45, 2.75) is 247 Å². The first kappa shape index (κ1) is 86.2. The van der Waals surface area contributed by atoms with Gasteiger partial charge in [-0.05, 0) is 322 Å². The molecule has 2 saturated carbocycles. The van der Waals surface area contributed by atoms with Crippen LogP contribution in [0.3, 0.4) is 0 Å². The van der Waals surface area contributed by atoms with Crippen LogP contribution < -0.4 is 18.3 Å². The first-order valence-electron chi connectivity index (χ1n) is 43.3. The summed E-state index contributed by atoms with van der Waals surface area (Å²) in [6.07, 6.45) is 25.1. The second-order valence-electron chi connectivity index (χ2n) is 37.4. The molecule has 0 amide bonds. The standard InChI is InChI=1S/C29H38N.C28H34N.C27H32N.C27H34N/c1-19(2)26-18-30(9)27(16-23(26)17-29(6,7)8)25-15-14-21(4)28(22(25)5)24-13-11-10-12-20(24)3;1-19-11-9-10-14-24(19)28-20(2)15-16-25(22(28)4)27-17-26(21(3)18-29(27)5)23-12-7-6-8-13-23;1-19-10-8-9-13-24(19)27-20(2)14-15-25(21(27)3)26-18-23(16-17-28(26)4)22-11-6-5-7-12-22;1-18-11-9-10-12-23(18)26-19(2)13-14-24(21(26)4)25-15-22(16-27(5,6)7)20(3)17-28(25)8/h10-16,18-19H,17H2,1-9H3;9-11,14-18,23H,6-8,12-13H2,1-5H3;8-10,13-18,22H,5-7,11-12H2,1-4H3;9-15,17H,16H2,1-8H3/q4*+1. The van der Waals surface area contributed by atoms with Gasteiger partial charge in [0.05, 0.1) is 0 Å². The van der Waals surface area contributed by atoms with Gasteiger partial charge in [-0.3, -0.25) is 0 Å². The predicted octanol–water partition coefficient (Wildman–Crippen LogP) is 28.1. The van der Waals surface area contributed by atoms with Crippen LogP contribution >= 0.6 is 0 Å². The third-order valence-corrected chi connectivity index (χ3v) is 25.3. The molecule has 2 fully saturated rings. The summed E-state index contributed by atoms with van der Waals surface area (Å²) in [5, 5.41) is 0. The van der Waals surface area contributed by atoms with Crippen LogP contribution in [-0.2, 0) is 41.0 Å². The minimum Gasteiger partial charge on any atom is -0.201 e. The van der Waals surface area contributed by atoms with Gasteiger partial charge in [-0.1, -0.05) is 215 Å². The van der Waals surface area contributed by atoms with Gasteiger partial charge in [-0.25, -0.2) is 18.3 Å². The van der Waals surface area contributed by atoms with Crippen LogP contribution in [0.15, 0.2) is 201 Å². The molecule has 12 aromatic rings. The molecule has 0 unspecified atom stereocenters. The maximum Gasteiger partial charge on any atom is 0.212 e. The molecule has 0 bridgehead atoms. The van der Waals surface area contributed by atoms with E-state index in [1.165, 1.54) is 254 Å². The lowest BCUT2D eigenvalue weighted by Gasteiger charge is -2.23. The molecule has 0 spiro atoms. The van der Waals surface area contributed by atoms with Crippen molar-refractivity contribution in [1.29, 1.82) is 0 Å². The molecule has 0 saturated heterocycles. The van der Waals surface area contributed by atoms with E-state index in [4.69, 9.17) is 0 Å². The quantitative estimate of drug-likeness (QED) is 0.102. The summed E-state index contributed by atoms with van der Waals surface area (Å²) in [5.41, 5.74) is 48.5. The predicted molar refractivity (Wildman–Crippen MR) is 492 cm³/mol. The van der Waals surface area contributed by atoms with Crippen LogP contribution in [0.1, 0.15) is 243 Å². The Morgan fingerprint density at radius 3 is 0.965 bits per heavy atom. The number of hydrogen-bond acceptors (Lipinski definition) is 0. The Hall–Kier alpha value is -9.64. The fourth-order valence-electron chi connectivity index (χ4n) is 19.1. The number of hydrogen-bond donors (Lipinski definition) is 0. The summed E-state index contributed by atoms with van der Waals surface area (Å²) in [6, 6.07) is 65.4. The minimum atomic E-state index is 0.259. The molecule has 4 nitrogen and oxygen atoms in total. The van der Waals surface area contributed by atoms with E-state index < -0.39 is 0 Å². The number of aryl methyl sites for hydroxylation is 14. The van der Waals surface area contributed by atoms with Crippen molar-refractivity contribution in [1.82, 2.24) is 0 Å². The number of nitrogens with zero attached hydrogens (tertiary/aromatic N) is 4. The van der Waals surface area contributed by atoms with Gasteiger partial charge in [-0.15, -0.1) is 0 Å². The Labute approximate surface area is 695 Å². The number of rotatable bonds is 13. The van der Waals surface area contributed by atoms with Crippen molar-refractivity contribution in [3.63, 3.8) is 0 Å². The summed E-state index contributed by atoms with van der Waals surface area (Å²) in [7, 11) is 8.72. The van der Waals surface area contributed by atoms with E-state index in [2.05, 4.69) is 399 Å². The third kappa shape index (κ3) is 20.1. The first-order valence-corrected chi connectivity index (χ1v) is 43.3. The van der Waals surface area contributed by atoms with E-state index in [-0.39, 0.29) is 10.8 Å². The summed E-state index contributed by atoms with van der Waals surface area (Å²) in [5.74, 6) is 1.98. The van der Waals surface area contributed by atoms with Gasteiger partial charge < -0.3 is 0 Å². The van der Waals surface area contributed by atoms with Crippen LogP contribution in [-0.4, -0.2) is 0 Å². The van der Waals surface area contributed by atoms with Crippen molar-refractivity contribution in [3.8, 4) is 89.5 Å². The SMILES string of the molecule is Cc1c[n+](C)c(-c2ccc(C)c(-c3ccccc3C)c2C)cc1CC(C)(C)C.Cc1ccccc1-c1c(C)ccc(-c2cc(C3CCCCC3)c(C)c[n+]2C)c1C.Cc1ccccc1-c1c(C)ccc(-c2cc(C3CCCCC3)cc[n+]2C)c1C.Cc1ccccc1-c1c(C)ccc(-c2cc(CC(C)(C)C)c(C(C)C)c[n+]2C)c1C. The molecule has 4 heteroatoms. The molecule has 2 aliphatic carbocycles. The summed E-state index contributed by atoms with van der Waals surface area (Å²) >= 11 is 0. The van der Waals surface area contributed by atoms with E-state index in [9.17, 15) is 0 Å². The van der Waals surface area contributed by atoms with Crippen LogP contribution in [0.4, 0.5) is 0 Å². The smallest absolute Gasteiger partial charge is 0.201 e. The second-order valence-corrected chi connectivity index (χ2v) is 37.4. The monoisotopic (exact) mass is 1530 g/mol. The van der Waals surface area contributed by atoms with Gasteiger partial charge in [0.25, 0.3) is 0 Å². The van der Waals surface area contributed by atoms with E-state index in [1.54, 1.807) is 5.56 Å². The molecule has 0 radical (unpaired) electrons. The van der Waals surface area contributed by atoms with Gasteiger partial charge >= 0.3 is 0 Å².